The van der Waals surface area contributed by atoms with Gasteiger partial charge in [-0.3, -0.25) is 0 Å². The fourth-order valence-electron chi connectivity index (χ4n) is 1.73. The van der Waals surface area contributed by atoms with Gasteiger partial charge in [0, 0.05) is 19.7 Å². The van der Waals surface area contributed by atoms with Crippen LogP contribution in [-0.4, -0.2) is 43.3 Å². The predicted molar refractivity (Wildman–Crippen MR) is 55.5 cm³/mol. The molecular formula is C9H19NO3S. The van der Waals surface area contributed by atoms with Gasteiger partial charge in [-0.2, -0.15) is 0 Å². The average Bonchev–Trinajstić information content (AvgIpc) is 2.29. The lowest BCUT2D eigenvalue weighted by Crippen LogP contribution is -2.36. The topological polar surface area (TPSA) is 57.6 Å². The Hall–Kier alpha value is -0.130. The number of sulfonamides is 1. The maximum Gasteiger partial charge on any atom is 0.214 e. The molecule has 84 valence electrons. The van der Waals surface area contributed by atoms with E-state index in [2.05, 4.69) is 0 Å². The van der Waals surface area contributed by atoms with Crippen LogP contribution in [0.4, 0.5) is 0 Å². The average molecular weight is 221 g/mol. The second-order valence-electron chi connectivity index (χ2n) is 4.64. The Morgan fingerprint density at radius 2 is 2.07 bits per heavy atom. The van der Waals surface area contributed by atoms with Crippen LogP contribution in [-0.2, 0) is 10.0 Å². The normalized spacial score (nSPS) is 22.8. The molecule has 0 spiro atoms. The number of aliphatic hydroxyl groups is 1. The summed E-state index contributed by atoms with van der Waals surface area (Å²) in [4.78, 5) is 0. The molecule has 0 bridgehead atoms. The van der Waals surface area contributed by atoms with Crippen LogP contribution in [0.2, 0.25) is 0 Å². The molecule has 1 saturated heterocycles. The summed E-state index contributed by atoms with van der Waals surface area (Å²) in [7, 11) is -2.99. The first-order valence-electron chi connectivity index (χ1n) is 4.96. The lowest BCUT2D eigenvalue weighted by atomic mass is 9.90. The van der Waals surface area contributed by atoms with Crippen molar-refractivity contribution in [2.45, 2.75) is 26.7 Å². The number of rotatable bonds is 4. The van der Waals surface area contributed by atoms with Crippen molar-refractivity contribution >= 4 is 10.0 Å². The van der Waals surface area contributed by atoms with Gasteiger partial charge in [0.05, 0.1) is 5.75 Å². The second-order valence-corrected chi connectivity index (χ2v) is 6.73. The van der Waals surface area contributed by atoms with Crippen molar-refractivity contribution in [3.8, 4) is 0 Å². The van der Waals surface area contributed by atoms with Gasteiger partial charge in [0.2, 0.25) is 10.0 Å². The van der Waals surface area contributed by atoms with E-state index in [1.165, 1.54) is 0 Å². The molecule has 0 atom stereocenters. The van der Waals surface area contributed by atoms with Crippen LogP contribution in [0.3, 0.4) is 0 Å². The number of hydrogen-bond donors (Lipinski definition) is 1. The Morgan fingerprint density at radius 3 is 2.50 bits per heavy atom. The molecule has 1 N–H and O–H groups in total. The number of nitrogens with zero attached hydrogens (tertiary/aromatic N) is 1. The van der Waals surface area contributed by atoms with Gasteiger partial charge in [-0.05, 0) is 18.3 Å². The van der Waals surface area contributed by atoms with Crippen molar-refractivity contribution in [3.05, 3.63) is 0 Å². The van der Waals surface area contributed by atoms with E-state index < -0.39 is 10.0 Å². The molecule has 0 aromatic rings. The lowest BCUT2D eigenvalue weighted by Gasteiger charge is -2.28. The highest BCUT2D eigenvalue weighted by atomic mass is 32.2. The molecule has 5 heteroatoms. The molecule has 0 amide bonds. The first kappa shape index (κ1) is 11.9. The maximum absolute atomic E-state index is 11.5. The van der Waals surface area contributed by atoms with E-state index >= 15 is 0 Å². The summed E-state index contributed by atoms with van der Waals surface area (Å²) in [5, 5.41) is 8.84. The molecule has 1 heterocycles. The largest absolute Gasteiger partial charge is 0.396 e. The molecule has 1 rings (SSSR count). The SMILES string of the molecule is CC(C)(CCO)CN1CCCS1(=O)=O. The van der Waals surface area contributed by atoms with Crippen molar-refractivity contribution in [2.75, 3.05) is 25.4 Å². The summed E-state index contributed by atoms with van der Waals surface area (Å²) in [6.45, 7) is 5.24. The Labute approximate surface area is 86.0 Å². The zero-order valence-electron chi connectivity index (χ0n) is 8.86. The Balaban J connectivity index is 2.60. The molecule has 0 unspecified atom stereocenters. The standard InChI is InChI=1S/C9H19NO3S/c1-9(2,4-6-11)8-10-5-3-7-14(10,12)13/h11H,3-8H2,1-2H3. The third-order valence-corrected chi connectivity index (χ3v) is 4.50. The summed E-state index contributed by atoms with van der Waals surface area (Å²) in [5.74, 6) is 0.280. The van der Waals surface area contributed by atoms with Gasteiger partial charge in [0.1, 0.15) is 0 Å². The highest BCUT2D eigenvalue weighted by Gasteiger charge is 2.32. The van der Waals surface area contributed by atoms with E-state index in [1.54, 1.807) is 4.31 Å². The zero-order chi connectivity index (χ0) is 10.8. The van der Waals surface area contributed by atoms with Crippen molar-refractivity contribution in [2.24, 2.45) is 5.41 Å². The van der Waals surface area contributed by atoms with Gasteiger partial charge < -0.3 is 5.11 Å². The van der Waals surface area contributed by atoms with Crippen LogP contribution in [0, 0.1) is 5.41 Å². The molecule has 14 heavy (non-hydrogen) atoms. The van der Waals surface area contributed by atoms with Crippen LogP contribution >= 0.6 is 0 Å². The second kappa shape index (κ2) is 4.16. The minimum Gasteiger partial charge on any atom is -0.396 e. The van der Waals surface area contributed by atoms with E-state index in [1.807, 2.05) is 13.8 Å². The van der Waals surface area contributed by atoms with Crippen LogP contribution in [0.1, 0.15) is 26.7 Å². The Bertz CT molecular complexity index is 284. The predicted octanol–water partition coefficient (Wildman–Crippen LogP) is 0.430. The van der Waals surface area contributed by atoms with Crippen molar-refractivity contribution < 1.29 is 13.5 Å². The maximum atomic E-state index is 11.5. The monoisotopic (exact) mass is 221 g/mol. The highest BCUT2D eigenvalue weighted by Crippen LogP contribution is 2.25. The van der Waals surface area contributed by atoms with E-state index in [-0.39, 0.29) is 17.8 Å². The first-order valence-corrected chi connectivity index (χ1v) is 6.57. The van der Waals surface area contributed by atoms with E-state index in [9.17, 15) is 8.42 Å². The molecule has 0 aromatic carbocycles. The molecule has 0 aromatic heterocycles. The molecule has 1 aliphatic rings. The summed E-state index contributed by atoms with van der Waals surface area (Å²) < 4.78 is 24.6. The van der Waals surface area contributed by atoms with Crippen LogP contribution in [0.5, 0.6) is 0 Å². The van der Waals surface area contributed by atoms with Gasteiger partial charge in [0.15, 0.2) is 0 Å². The lowest BCUT2D eigenvalue weighted by molar-refractivity contribution is 0.184. The smallest absolute Gasteiger partial charge is 0.214 e. The van der Waals surface area contributed by atoms with Crippen LogP contribution in [0.25, 0.3) is 0 Å². The minimum atomic E-state index is -2.99. The summed E-state index contributed by atoms with van der Waals surface area (Å²) >= 11 is 0. The Kier molecular flexibility index (Phi) is 3.55. The van der Waals surface area contributed by atoms with Crippen molar-refractivity contribution in [1.82, 2.24) is 4.31 Å². The minimum absolute atomic E-state index is 0.112. The number of aliphatic hydroxyl groups excluding tert-OH is 1. The quantitative estimate of drug-likeness (QED) is 0.749. The van der Waals surface area contributed by atoms with E-state index in [0.717, 1.165) is 6.42 Å². The highest BCUT2D eigenvalue weighted by molar-refractivity contribution is 7.89. The third-order valence-electron chi connectivity index (χ3n) is 2.60. The molecule has 0 saturated carbocycles. The Morgan fingerprint density at radius 1 is 1.43 bits per heavy atom. The molecule has 1 fully saturated rings. The molecule has 0 aliphatic carbocycles. The van der Waals surface area contributed by atoms with Crippen LogP contribution in [0.15, 0.2) is 0 Å². The van der Waals surface area contributed by atoms with Gasteiger partial charge >= 0.3 is 0 Å². The fraction of sp³-hybridized carbons (Fsp3) is 1.00. The van der Waals surface area contributed by atoms with Crippen LogP contribution < -0.4 is 0 Å². The molecule has 4 nitrogen and oxygen atoms in total. The number of hydrogen-bond acceptors (Lipinski definition) is 3. The van der Waals surface area contributed by atoms with Crippen molar-refractivity contribution in [1.29, 1.82) is 0 Å². The van der Waals surface area contributed by atoms with E-state index in [0.29, 0.717) is 19.5 Å². The van der Waals surface area contributed by atoms with Gasteiger partial charge in [0.25, 0.3) is 0 Å². The van der Waals surface area contributed by atoms with Gasteiger partial charge in [-0.15, -0.1) is 0 Å². The molecular weight excluding hydrogens is 202 g/mol. The summed E-state index contributed by atoms with van der Waals surface area (Å²) in [5.41, 5.74) is -0.133. The van der Waals surface area contributed by atoms with Gasteiger partial charge in [-0.1, -0.05) is 13.8 Å². The zero-order valence-corrected chi connectivity index (χ0v) is 9.68. The van der Waals surface area contributed by atoms with Gasteiger partial charge in [-0.25, -0.2) is 12.7 Å². The summed E-state index contributed by atoms with van der Waals surface area (Å²) in [6.07, 6.45) is 1.37. The first-order chi connectivity index (χ1) is 6.37. The summed E-state index contributed by atoms with van der Waals surface area (Å²) in [6, 6.07) is 0. The van der Waals surface area contributed by atoms with Crippen molar-refractivity contribution in [3.63, 3.8) is 0 Å². The molecule has 1 aliphatic heterocycles. The third kappa shape index (κ3) is 2.93. The van der Waals surface area contributed by atoms with E-state index in [4.69, 9.17) is 5.11 Å². The molecule has 0 radical (unpaired) electrons. The fourth-order valence-corrected chi connectivity index (χ4v) is 3.43.